The standard InChI is InChI=1S/C9H19NOS/c1-5-6-7-12(11)10-9(4)8(2)3/h8H,5-7H2,1-4H3. The van der Waals surface area contributed by atoms with E-state index in [0.717, 1.165) is 18.6 Å². The number of hydrogen-bond acceptors (Lipinski definition) is 2. The average Bonchev–Trinajstić information content (AvgIpc) is 2.00. The quantitative estimate of drug-likeness (QED) is 0.483. The van der Waals surface area contributed by atoms with Crippen LogP contribution in [0.2, 0.25) is 0 Å². The molecule has 0 saturated heterocycles. The van der Waals surface area contributed by atoms with Crippen molar-refractivity contribution in [1.82, 2.24) is 0 Å². The van der Waals surface area contributed by atoms with Crippen molar-refractivity contribution in [1.29, 1.82) is 0 Å². The van der Waals surface area contributed by atoms with Crippen molar-refractivity contribution in [3.8, 4) is 0 Å². The summed E-state index contributed by atoms with van der Waals surface area (Å²) in [6.07, 6.45) is 2.09. The first kappa shape index (κ1) is 12.0. The maximum absolute atomic E-state index is 11.2. The molecule has 1 atom stereocenters. The van der Waals surface area contributed by atoms with E-state index < -0.39 is 11.4 Å². The summed E-state index contributed by atoms with van der Waals surface area (Å²) in [6, 6.07) is 0. The van der Waals surface area contributed by atoms with Crippen LogP contribution in [0.1, 0.15) is 40.5 Å². The van der Waals surface area contributed by atoms with Gasteiger partial charge in [-0.25, -0.2) is 0 Å². The molecular formula is C9H19NOS. The third-order valence-corrected chi connectivity index (χ3v) is 2.88. The first-order valence-corrected chi connectivity index (χ1v) is 5.79. The van der Waals surface area contributed by atoms with Crippen molar-refractivity contribution in [3.63, 3.8) is 0 Å². The van der Waals surface area contributed by atoms with Crippen molar-refractivity contribution < 1.29 is 4.55 Å². The first-order valence-electron chi connectivity index (χ1n) is 4.51. The predicted octanol–water partition coefficient (Wildman–Crippen LogP) is 2.57. The predicted molar refractivity (Wildman–Crippen MR) is 55.9 cm³/mol. The summed E-state index contributed by atoms with van der Waals surface area (Å²) in [5.41, 5.74) is 0.990. The van der Waals surface area contributed by atoms with Crippen LogP contribution in [0, 0.1) is 5.92 Å². The van der Waals surface area contributed by atoms with Gasteiger partial charge in [0.25, 0.3) is 0 Å². The molecular weight excluding hydrogens is 170 g/mol. The van der Waals surface area contributed by atoms with Crippen LogP contribution in [0.3, 0.4) is 0 Å². The lowest BCUT2D eigenvalue weighted by Gasteiger charge is -2.06. The van der Waals surface area contributed by atoms with Gasteiger partial charge in [-0.2, -0.15) is 0 Å². The Morgan fingerprint density at radius 3 is 2.50 bits per heavy atom. The van der Waals surface area contributed by atoms with Gasteiger partial charge < -0.3 is 4.55 Å². The molecule has 0 fully saturated rings. The number of nitrogens with zero attached hydrogens (tertiary/aromatic N) is 1. The van der Waals surface area contributed by atoms with Crippen LogP contribution < -0.4 is 0 Å². The zero-order valence-electron chi connectivity index (χ0n) is 8.46. The summed E-state index contributed by atoms with van der Waals surface area (Å²) >= 11 is -0.983. The molecule has 12 heavy (non-hydrogen) atoms. The lowest BCUT2D eigenvalue weighted by Crippen LogP contribution is -2.09. The summed E-state index contributed by atoms with van der Waals surface area (Å²) in [6.45, 7) is 8.16. The highest BCUT2D eigenvalue weighted by molar-refractivity contribution is 7.90. The van der Waals surface area contributed by atoms with Gasteiger partial charge >= 0.3 is 0 Å². The lowest BCUT2D eigenvalue weighted by molar-refractivity contribution is 0.593. The van der Waals surface area contributed by atoms with Gasteiger partial charge in [0, 0.05) is 0 Å². The van der Waals surface area contributed by atoms with Gasteiger partial charge in [-0.15, -0.1) is 0 Å². The first-order chi connectivity index (χ1) is 5.57. The van der Waals surface area contributed by atoms with Crippen LogP contribution in [0.15, 0.2) is 4.40 Å². The molecule has 0 aliphatic heterocycles. The van der Waals surface area contributed by atoms with Gasteiger partial charge in [0.2, 0.25) is 0 Å². The molecule has 2 nitrogen and oxygen atoms in total. The highest BCUT2D eigenvalue weighted by atomic mass is 32.2. The minimum Gasteiger partial charge on any atom is -0.591 e. The average molecular weight is 189 g/mol. The van der Waals surface area contributed by atoms with Gasteiger partial charge in [-0.05, 0) is 19.3 Å². The maximum atomic E-state index is 11.2. The Hall–Kier alpha value is -0.0200. The van der Waals surface area contributed by atoms with Crippen LogP contribution in [-0.2, 0) is 11.4 Å². The van der Waals surface area contributed by atoms with E-state index in [0.29, 0.717) is 11.7 Å². The fraction of sp³-hybridized carbons (Fsp3) is 0.889. The van der Waals surface area contributed by atoms with E-state index in [1.165, 1.54) is 0 Å². The highest BCUT2D eigenvalue weighted by Crippen LogP contribution is 2.03. The minimum atomic E-state index is -0.983. The van der Waals surface area contributed by atoms with Crippen molar-refractivity contribution in [3.05, 3.63) is 0 Å². The Labute approximate surface area is 78.8 Å². The number of hydrogen-bond donors (Lipinski definition) is 0. The molecule has 0 bridgehead atoms. The van der Waals surface area contributed by atoms with Crippen molar-refractivity contribution in [2.45, 2.75) is 40.5 Å². The molecule has 0 saturated carbocycles. The topological polar surface area (TPSA) is 35.4 Å². The summed E-state index contributed by atoms with van der Waals surface area (Å²) < 4.78 is 15.3. The van der Waals surface area contributed by atoms with Crippen molar-refractivity contribution >= 4 is 17.1 Å². The molecule has 0 heterocycles. The van der Waals surface area contributed by atoms with Gasteiger partial charge in [0.05, 0.1) is 17.1 Å². The van der Waals surface area contributed by atoms with Gasteiger partial charge in [-0.1, -0.05) is 31.6 Å². The van der Waals surface area contributed by atoms with E-state index in [9.17, 15) is 4.55 Å². The van der Waals surface area contributed by atoms with Crippen molar-refractivity contribution in [2.24, 2.45) is 10.3 Å². The lowest BCUT2D eigenvalue weighted by atomic mass is 10.1. The molecule has 0 aliphatic rings. The second-order valence-electron chi connectivity index (χ2n) is 3.27. The smallest absolute Gasteiger partial charge is 0.133 e. The molecule has 72 valence electrons. The van der Waals surface area contributed by atoms with E-state index in [2.05, 4.69) is 25.2 Å². The molecule has 0 N–H and O–H groups in total. The van der Waals surface area contributed by atoms with E-state index in [1.807, 2.05) is 6.92 Å². The second kappa shape index (κ2) is 6.49. The van der Waals surface area contributed by atoms with E-state index in [-0.39, 0.29) is 0 Å². The molecule has 0 aromatic rings. The van der Waals surface area contributed by atoms with Gasteiger partial charge in [0.1, 0.15) is 5.75 Å². The summed E-state index contributed by atoms with van der Waals surface area (Å²) in [7, 11) is 0. The largest absolute Gasteiger partial charge is 0.591 e. The van der Waals surface area contributed by atoms with Crippen molar-refractivity contribution in [2.75, 3.05) is 5.75 Å². The summed E-state index contributed by atoms with van der Waals surface area (Å²) in [4.78, 5) is 0. The summed E-state index contributed by atoms with van der Waals surface area (Å²) in [5.74, 6) is 1.12. The fourth-order valence-corrected chi connectivity index (χ4v) is 1.74. The van der Waals surface area contributed by atoms with Crippen LogP contribution in [0.25, 0.3) is 0 Å². The normalized spacial score (nSPS) is 15.3. The van der Waals surface area contributed by atoms with Crippen LogP contribution in [0.5, 0.6) is 0 Å². The zero-order chi connectivity index (χ0) is 9.56. The highest BCUT2D eigenvalue weighted by Gasteiger charge is 2.06. The third kappa shape index (κ3) is 5.61. The Morgan fingerprint density at radius 2 is 2.08 bits per heavy atom. The number of rotatable bonds is 5. The minimum absolute atomic E-state index is 0.413. The Morgan fingerprint density at radius 1 is 1.50 bits per heavy atom. The SMILES string of the molecule is CCCC[S+]([O-])N=C(C)C(C)C. The molecule has 0 aromatic heterocycles. The molecule has 0 amide bonds. The molecule has 1 unspecified atom stereocenters. The fourth-order valence-electron chi connectivity index (χ4n) is 0.579. The second-order valence-corrected chi connectivity index (χ2v) is 4.50. The van der Waals surface area contributed by atoms with E-state index >= 15 is 0 Å². The Bertz CT molecular complexity index is 145. The van der Waals surface area contributed by atoms with E-state index in [1.54, 1.807) is 0 Å². The third-order valence-electron chi connectivity index (χ3n) is 1.75. The zero-order valence-corrected chi connectivity index (χ0v) is 9.28. The van der Waals surface area contributed by atoms with Gasteiger partial charge in [0.15, 0.2) is 0 Å². The molecule has 0 spiro atoms. The summed E-state index contributed by atoms with van der Waals surface area (Å²) in [5, 5.41) is 0. The van der Waals surface area contributed by atoms with Crippen LogP contribution in [-0.4, -0.2) is 16.0 Å². The molecule has 0 aromatic carbocycles. The Kier molecular flexibility index (Phi) is 6.48. The maximum Gasteiger partial charge on any atom is 0.133 e. The molecule has 0 rings (SSSR count). The Balaban J connectivity index is 3.79. The number of unbranched alkanes of at least 4 members (excludes halogenated alkanes) is 1. The molecule has 0 radical (unpaired) electrons. The molecule has 3 heteroatoms. The van der Waals surface area contributed by atoms with E-state index in [4.69, 9.17) is 0 Å². The van der Waals surface area contributed by atoms with Crippen LogP contribution >= 0.6 is 0 Å². The van der Waals surface area contributed by atoms with Crippen LogP contribution in [0.4, 0.5) is 0 Å². The monoisotopic (exact) mass is 189 g/mol. The molecule has 0 aliphatic carbocycles. The van der Waals surface area contributed by atoms with Gasteiger partial charge in [-0.3, -0.25) is 0 Å².